The van der Waals surface area contributed by atoms with E-state index in [4.69, 9.17) is 4.74 Å². The van der Waals surface area contributed by atoms with Crippen LogP contribution in [0.3, 0.4) is 0 Å². The Kier molecular flexibility index (Phi) is 3.90. The Morgan fingerprint density at radius 3 is 2.83 bits per heavy atom. The highest BCUT2D eigenvalue weighted by Crippen LogP contribution is 2.34. The predicted octanol–water partition coefficient (Wildman–Crippen LogP) is 0.540. The number of methoxy groups -OCH3 is 1. The maximum absolute atomic E-state index is 12.7. The van der Waals surface area contributed by atoms with Crippen LogP contribution in [0.5, 0.6) is 0 Å². The number of amides is 1. The molecule has 0 spiro atoms. The molecular formula is C13H22N2O3. The second kappa shape index (κ2) is 5.26. The number of carbonyl (C=O) groups is 2. The molecule has 0 bridgehead atoms. The lowest BCUT2D eigenvalue weighted by molar-refractivity contribution is -0.154. The molecule has 1 amide bonds. The van der Waals surface area contributed by atoms with E-state index in [1.807, 2.05) is 6.92 Å². The molecule has 5 nitrogen and oxygen atoms in total. The van der Waals surface area contributed by atoms with E-state index < -0.39 is 0 Å². The molecule has 0 radical (unpaired) electrons. The predicted molar refractivity (Wildman–Crippen MR) is 67.0 cm³/mol. The van der Waals surface area contributed by atoms with E-state index in [2.05, 4.69) is 5.32 Å². The molecule has 102 valence electrons. The quantitative estimate of drug-likeness (QED) is 0.747. The summed E-state index contributed by atoms with van der Waals surface area (Å²) in [6, 6.07) is -0.369. The summed E-state index contributed by atoms with van der Waals surface area (Å²) in [5.41, 5.74) is -0.309. The summed E-state index contributed by atoms with van der Waals surface area (Å²) in [5, 5.41) is 3.26. The summed E-state index contributed by atoms with van der Waals surface area (Å²) in [7, 11) is 1.38. The van der Waals surface area contributed by atoms with Crippen molar-refractivity contribution in [2.24, 2.45) is 5.41 Å². The zero-order valence-electron chi connectivity index (χ0n) is 11.2. The number of likely N-dealkylation sites (tertiary alicyclic amines) is 1. The van der Waals surface area contributed by atoms with Crippen molar-refractivity contribution in [3.05, 3.63) is 0 Å². The van der Waals surface area contributed by atoms with Crippen molar-refractivity contribution in [3.63, 3.8) is 0 Å². The minimum absolute atomic E-state index is 0.128. The highest BCUT2D eigenvalue weighted by Gasteiger charge is 2.46. The number of ether oxygens (including phenoxy) is 1. The Labute approximate surface area is 108 Å². The summed E-state index contributed by atoms with van der Waals surface area (Å²) < 4.78 is 4.80. The van der Waals surface area contributed by atoms with Gasteiger partial charge in [0.05, 0.1) is 12.5 Å². The third-order valence-corrected chi connectivity index (χ3v) is 4.36. The zero-order chi connectivity index (χ0) is 13.2. The average molecular weight is 254 g/mol. The third kappa shape index (κ3) is 2.11. The van der Waals surface area contributed by atoms with E-state index in [1.54, 1.807) is 4.90 Å². The Balaban J connectivity index is 2.14. The van der Waals surface area contributed by atoms with Gasteiger partial charge in [-0.1, -0.05) is 6.92 Å². The molecule has 18 heavy (non-hydrogen) atoms. The third-order valence-electron chi connectivity index (χ3n) is 4.36. The van der Waals surface area contributed by atoms with Gasteiger partial charge in [-0.15, -0.1) is 0 Å². The van der Waals surface area contributed by atoms with Gasteiger partial charge in [-0.2, -0.15) is 0 Å². The molecule has 2 aliphatic heterocycles. The van der Waals surface area contributed by atoms with Crippen LogP contribution in [0.1, 0.15) is 32.6 Å². The lowest BCUT2D eigenvalue weighted by Crippen LogP contribution is -2.49. The highest BCUT2D eigenvalue weighted by atomic mass is 16.5. The van der Waals surface area contributed by atoms with Crippen molar-refractivity contribution >= 4 is 11.9 Å². The van der Waals surface area contributed by atoms with Gasteiger partial charge in [-0.05, 0) is 32.2 Å². The van der Waals surface area contributed by atoms with Gasteiger partial charge in [0.1, 0.15) is 6.04 Å². The molecule has 0 aromatic heterocycles. The fourth-order valence-corrected chi connectivity index (χ4v) is 3.07. The number of nitrogens with one attached hydrogen (secondary N) is 1. The molecule has 2 unspecified atom stereocenters. The van der Waals surface area contributed by atoms with E-state index in [9.17, 15) is 9.59 Å². The second-order valence-corrected chi connectivity index (χ2v) is 5.24. The number of esters is 1. The minimum Gasteiger partial charge on any atom is -0.467 e. The first-order chi connectivity index (χ1) is 8.64. The lowest BCUT2D eigenvalue weighted by atomic mass is 9.82. The van der Waals surface area contributed by atoms with E-state index in [0.717, 1.165) is 38.8 Å². The van der Waals surface area contributed by atoms with Gasteiger partial charge in [0, 0.05) is 13.1 Å². The highest BCUT2D eigenvalue weighted by molar-refractivity contribution is 5.89. The summed E-state index contributed by atoms with van der Waals surface area (Å²) in [4.78, 5) is 26.2. The van der Waals surface area contributed by atoms with Gasteiger partial charge in [0.2, 0.25) is 5.91 Å². The van der Waals surface area contributed by atoms with E-state index in [-0.39, 0.29) is 23.3 Å². The van der Waals surface area contributed by atoms with Crippen LogP contribution < -0.4 is 5.32 Å². The average Bonchev–Trinajstić information content (AvgIpc) is 3.06. The largest absolute Gasteiger partial charge is 0.467 e. The molecule has 2 saturated heterocycles. The smallest absolute Gasteiger partial charge is 0.328 e. The maximum atomic E-state index is 12.7. The standard InChI is InChI=1S/C13H22N2O3/c1-3-13(6-7-14-9-13)12(17)15-8-4-5-10(15)11(16)18-2/h10,14H,3-9H2,1-2H3. The first kappa shape index (κ1) is 13.3. The Bertz CT molecular complexity index is 337. The van der Waals surface area contributed by atoms with E-state index in [1.165, 1.54) is 7.11 Å². The second-order valence-electron chi connectivity index (χ2n) is 5.24. The number of hydrogen-bond acceptors (Lipinski definition) is 4. The van der Waals surface area contributed by atoms with Crippen LogP contribution in [-0.4, -0.2) is 49.6 Å². The molecule has 0 aromatic carbocycles. The molecule has 0 aromatic rings. The van der Waals surface area contributed by atoms with Crippen molar-refractivity contribution in [2.45, 2.75) is 38.6 Å². The number of rotatable bonds is 3. The van der Waals surface area contributed by atoms with E-state index in [0.29, 0.717) is 6.54 Å². The van der Waals surface area contributed by atoms with Crippen LogP contribution in [0, 0.1) is 5.41 Å². The van der Waals surface area contributed by atoms with Crippen molar-refractivity contribution in [2.75, 3.05) is 26.7 Å². The van der Waals surface area contributed by atoms with Crippen LogP contribution in [0.4, 0.5) is 0 Å². The number of carbonyl (C=O) groups excluding carboxylic acids is 2. The van der Waals surface area contributed by atoms with Crippen LogP contribution in [-0.2, 0) is 14.3 Å². The van der Waals surface area contributed by atoms with Gasteiger partial charge < -0.3 is 15.0 Å². The fraction of sp³-hybridized carbons (Fsp3) is 0.846. The van der Waals surface area contributed by atoms with Crippen molar-refractivity contribution in [1.29, 1.82) is 0 Å². The molecule has 2 rings (SSSR count). The summed E-state index contributed by atoms with van der Waals surface area (Å²) >= 11 is 0. The van der Waals surface area contributed by atoms with Gasteiger partial charge in [-0.3, -0.25) is 4.79 Å². The van der Waals surface area contributed by atoms with Crippen molar-refractivity contribution < 1.29 is 14.3 Å². The molecule has 1 N–H and O–H groups in total. The van der Waals surface area contributed by atoms with Crippen LogP contribution >= 0.6 is 0 Å². The van der Waals surface area contributed by atoms with Gasteiger partial charge in [0.15, 0.2) is 0 Å². The maximum Gasteiger partial charge on any atom is 0.328 e. The number of hydrogen-bond donors (Lipinski definition) is 1. The molecule has 2 aliphatic rings. The fourth-order valence-electron chi connectivity index (χ4n) is 3.07. The van der Waals surface area contributed by atoms with Gasteiger partial charge >= 0.3 is 5.97 Å². The first-order valence-corrected chi connectivity index (χ1v) is 6.74. The monoisotopic (exact) mass is 254 g/mol. The molecule has 5 heteroatoms. The Hall–Kier alpha value is -1.10. The van der Waals surface area contributed by atoms with Crippen LogP contribution in [0.2, 0.25) is 0 Å². The zero-order valence-corrected chi connectivity index (χ0v) is 11.2. The molecule has 2 fully saturated rings. The number of nitrogens with zero attached hydrogens (tertiary/aromatic N) is 1. The molecule has 0 saturated carbocycles. The molecule has 2 heterocycles. The molecule has 2 atom stereocenters. The van der Waals surface area contributed by atoms with Crippen molar-refractivity contribution in [1.82, 2.24) is 10.2 Å². The summed E-state index contributed by atoms with van der Waals surface area (Å²) in [6.45, 7) is 4.34. The van der Waals surface area contributed by atoms with Crippen LogP contribution in [0.25, 0.3) is 0 Å². The van der Waals surface area contributed by atoms with Crippen molar-refractivity contribution in [3.8, 4) is 0 Å². The summed E-state index contributed by atoms with van der Waals surface area (Å²) in [6.07, 6.45) is 3.31. The van der Waals surface area contributed by atoms with Crippen LogP contribution in [0.15, 0.2) is 0 Å². The minimum atomic E-state index is -0.369. The van der Waals surface area contributed by atoms with E-state index >= 15 is 0 Å². The topological polar surface area (TPSA) is 58.6 Å². The normalized spacial score (nSPS) is 31.7. The Morgan fingerprint density at radius 1 is 1.50 bits per heavy atom. The first-order valence-electron chi connectivity index (χ1n) is 6.74. The lowest BCUT2D eigenvalue weighted by Gasteiger charge is -2.33. The SMILES string of the molecule is CCC1(C(=O)N2CCCC2C(=O)OC)CCNC1. The summed E-state index contributed by atoms with van der Waals surface area (Å²) in [5.74, 6) is -0.152. The van der Waals surface area contributed by atoms with Gasteiger partial charge in [0.25, 0.3) is 0 Å². The molecule has 0 aliphatic carbocycles. The Morgan fingerprint density at radius 2 is 2.28 bits per heavy atom. The van der Waals surface area contributed by atoms with Gasteiger partial charge in [-0.25, -0.2) is 4.79 Å². The molecular weight excluding hydrogens is 232 g/mol.